The summed E-state index contributed by atoms with van der Waals surface area (Å²) in [4.78, 5) is 0. The van der Waals surface area contributed by atoms with E-state index in [0.29, 0.717) is 6.04 Å². The summed E-state index contributed by atoms with van der Waals surface area (Å²) in [6, 6.07) is 0.691. The molecule has 0 aromatic rings. The van der Waals surface area contributed by atoms with Gasteiger partial charge in [0.05, 0.1) is 6.10 Å². The van der Waals surface area contributed by atoms with Crippen molar-refractivity contribution in [2.75, 3.05) is 27.9 Å². The summed E-state index contributed by atoms with van der Waals surface area (Å²) in [6.45, 7) is 4.86. The van der Waals surface area contributed by atoms with Crippen molar-refractivity contribution >= 4 is 8.80 Å². The van der Waals surface area contributed by atoms with E-state index in [2.05, 4.69) is 6.92 Å². The molecule has 1 unspecified atom stereocenters. The van der Waals surface area contributed by atoms with Gasteiger partial charge in [0.25, 0.3) is 0 Å². The fourth-order valence-electron chi connectivity index (χ4n) is 1.23. The highest BCUT2D eigenvalue weighted by atomic mass is 28.4. The molecule has 0 radical (unpaired) electrons. The molecule has 0 saturated carbocycles. The molecule has 0 heterocycles. The highest BCUT2D eigenvalue weighted by Gasteiger charge is 2.39. The SMILES string of the molecule is CCCOC(C)C[Si](OC)(OC)OC. The summed E-state index contributed by atoms with van der Waals surface area (Å²) in [6.07, 6.45) is 1.13. The standard InChI is InChI=1S/C9H22O4Si/c1-6-7-13-9(2)8-14(10-3,11-4)12-5/h9H,6-8H2,1-5H3. The van der Waals surface area contributed by atoms with Crippen LogP contribution in [0.25, 0.3) is 0 Å². The van der Waals surface area contributed by atoms with Crippen LogP contribution >= 0.6 is 0 Å². The molecule has 0 aromatic heterocycles. The van der Waals surface area contributed by atoms with E-state index in [1.54, 1.807) is 21.3 Å². The molecular weight excluding hydrogens is 200 g/mol. The van der Waals surface area contributed by atoms with Crippen molar-refractivity contribution in [1.29, 1.82) is 0 Å². The average Bonchev–Trinajstić information content (AvgIpc) is 2.23. The van der Waals surface area contributed by atoms with Gasteiger partial charge in [0.2, 0.25) is 0 Å². The number of rotatable bonds is 8. The first-order valence-electron chi connectivity index (χ1n) is 4.91. The molecule has 1 atom stereocenters. The Morgan fingerprint density at radius 2 is 1.57 bits per heavy atom. The van der Waals surface area contributed by atoms with Gasteiger partial charge in [0, 0.05) is 34.0 Å². The van der Waals surface area contributed by atoms with Gasteiger partial charge >= 0.3 is 8.80 Å². The molecule has 0 amide bonds. The molecule has 0 bridgehead atoms. The fraction of sp³-hybridized carbons (Fsp3) is 1.00. The van der Waals surface area contributed by atoms with Crippen molar-refractivity contribution in [2.45, 2.75) is 32.4 Å². The van der Waals surface area contributed by atoms with Crippen molar-refractivity contribution in [3.8, 4) is 0 Å². The zero-order valence-electron chi connectivity index (χ0n) is 9.83. The molecule has 0 spiro atoms. The molecule has 0 fully saturated rings. The quantitative estimate of drug-likeness (QED) is 0.586. The molecule has 0 aliphatic heterocycles. The van der Waals surface area contributed by atoms with Crippen molar-refractivity contribution in [3.05, 3.63) is 0 Å². The van der Waals surface area contributed by atoms with Gasteiger partial charge in [-0.1, -0.05) is 6.92 Å². The van der Waals surface area contributed by atoms with Gasteiger partial charge in [-0.05, 0) is 13.3 Å². The zero-order chi connectivity index (χ0) is 11.0. The van der Waals surface area contributed by atoms with Crippen LogP contribution in [0.4, 0.5) is 0 Å². The van der Waals surface area contributed by atoms with E-state index in [-0.39, 0.29) is 6.10 Å². The van der Waals surface area contributed by atoms with E-state index in [1.807, 2.05) is 6.92 Å². The second kappa shape index (κ2) is 7.36. The third-order valence-electron chi connectivity index (χ3n) is 2.08. The van der Waals surface area contributed by atoms with Crippen molar-refractivity contribution in [2.24, 2.45) is 0 Å². The molecule has 0 aliphatic carbocycles. The second-order valence-corrected chi connectivity index (χ2v) is 6.18. The number of ether oxygens (including phenoxy) is 1. The molecule has 0 N–H and O–H groups in total. The van der Waals surface area contributed by atoms with Crippen molar-refractivity contribution in [3.63, 3.8) is 0 Å². The van der Waals surface area contributed by atoms with Crippen LogP contribution in [0.5, 0.6) is 0 Å². The minimum Gasteiger partial charge on any atom is -0.379 e. The summed E-state index contributed by atoms with van der Waals surface area (Å²) < 4.78 is 21.5. The van der Waals surface area contributed by atoms with Crippen LogP contribution in [0.15, 0.2) is 0 Å². The fourth-order valence-corrected chi connectivity index (χ4v) is 3.05. The highest BCUT2D eigenvalue weighted by Crippen LogP contribution is 2.16. The minimum atomic E-state index is -2.46. The van der Waals surface area contributed by atoms with Crippen LogP contribution in [-0.4, -0.2) is 42.8 Å². The third kappa shape index (κ3) is 4.52. The topological polar surface area (TPSA) is 36.9 Å². The molecular formula is C9H22O4Si. The molecule has 5 heteroatoms. The van der Waals surface area contributed by atoms with Gasteiger partial charge < -0.3 is 18.0 Å². The highest BCUT2D eigenvalue weighted by molar-refractivity contribution is 6.60. The summed E-state index contributed by atoms with van der Waals surface area (Å²) in [5.41, 5.74) is 0. The summed E-state index contributed by atoms with van der Waals surface area (Å²) >= 11 is 0. The van der Waals surface area contributed by atoms with E-state index in [9.17, 15) is 0 Å². The lowest BCUT2D eigenvalue weighted by Gasteiger charge is -2.27. The molecule has 0 aromatic carbocycles. The molecule has 0 aliphatic rings. The van der Waals surface area contributed by atoms with Crippen LogP contribution in [-0.2, 0) is 18.0 Å². The Morgan fingerprint density at radius 3 is 1.93 bits per heavy atom. The Balaban J connectivity index is 4.01. The van der Waals surface area contributed by atoms with Gasteiger partial charge in [-0.2, -0.15) is 0 Å². The zero-order valence-corrected chi connectivity index (χ0v) is 10.8. The van der Waals surface area contributed by atoms with Crippen LogP contribution in [0.2, 0.25) is 6.04 Å². The normalized spacial score (nSPS) is 14.4. The van der Waals surface area contributed by atoms with Gasteiger partial charge in [-0.15, -0.1) is 0 Å². The van der Waals surface area contributed by atoms with Crippen LogP contribution < -0.4 is 0 Å². The predicted octanol–water partition coefficient (Wildman–Crippen LogP) is 1.68. The Hall–Kier alpha value is 0.0569. The molecule has 86 valence electrons. The Labute approximate surface area is 87.9 Å². The molecule has 4 nitrogen and oxygen atoms in total. The first kappa shape index (κ1) is 14.1. The Bertz CT molecular complexity index is 131. The largest absolute Gasteiger partial charge is 0.502 e. The third-order valence-corrected chi connectivity index (χ3v) is 5.02. The van der Waals surface area contributed by atoms with E-state index < -0.39 is 8.80 Å². The maximum Gasteiger partial charge on any atom is 0.502 e. The first-order valence-corrected chi connectivity index (χ1v) is 6.84. The first-order chi connectivity index (χ1) is 6.64. The lowest BCUT2D eigenvalue weighted by molar-refractivity contribution is 0.0520. The van der Waals surface area contributed by atoms with E-state index in [1.165, 1.54) is 0 Å². The van der Waals surface area contributed by atoms with E-state index >= 15 is 0 Å². The summed E-state index contributed by atoms with van der Waals surface area (Å²) in [7, 11) is 2.40. The maximum absolute atomic E-state index is 5.55. The van der Waals surface area contributed by atoms with Crippen LogP contribution in [0, 0.1) is 0 Å². The number of hydrogen-bond acceptors (Lipinski definition) is 4. The van der Waals surface area contributed by atoms with E-state index in [4.69, 9.17) is 18.0 Å². The minimum absolute atomic E-state index is 0.112. The van der Waals surface area contributed by atoms with Crippen molar-refractivity contribution < 1.29 is 18.0 Å². The predicted molar refractivity (Wildman–Crippen MR) is 57.3 cm³/mol. The second-order valence-electron chi connectivity index (χ2n) is 3.18. The molecule has 0 rings (SSSR count). The summed E-state index contributed by atoms with van der Waals surface area (Å²) in [5.74, 6) is 0. The summed E-state index contributed by atoms with van der Waals surface area (Å²) in [5, 5.41) is 0. The monoisotopic (exact) mass is 222 g/mol. The molecule has 14 heavy (non-hydrogen) atoms. The smallest absolute Gasteiger partial charge is 0.379 e. The van der Waals surface area contributed by atoms with E-state index in [0.717, 1.165) is 13.0 Å². The lowest BCUT2D eigenvalue weighted by Crippen LogP contribution is -2.45. The number of hydrogen-bond donors (Lipinski definition) is 0. The van der Waals surface area contributed by atoms with Gasteiger partial charge in [-0.25, -0.2) is 0 Å². The molecule has 0 saturated heterocycles. The Kier molecular flexibility index (Phi) is 7.39. The average molecular weight is 222 g/mol. The maximum atomic E-state index is 5.55. The van der Waals surface area contributed by atoms with Crippen molar-refractivity contribution in [1.82, 2.24) is 0 Å². The Morgan fingerprint density at radius 1 is 1.07 bits per heavy atom. The van der Waals surface area contributed by atoms with Crippen LogP contribution in [0.1, 0.15) is 20.3 Å². The van der Waals surface area contributed by atoms with Gasteiger partial charge in [0.15, 0.2) is 0 Å². The van der Waals surface area contributed by atoms with Crippen LogP contribution in [0.3, 0.4) is 0 Å². The lowest BCUT2D eigenvalue weighted by atomic mass is 10.4. The van der Waals surface area contributed by atoms with Gasteiger partial charge in [0.1, 0.15) is 0 Å². The van der Waals surface area contributed by atoms with Gasteiger partial charge in [-0.3, -0.25) is 0 Å².